The zero-order valence-corrected chi connectivity index (χ0v) is 16.6. The highest BCUT2D eigenvalue weighted by molar-refractivity contribution is 5.80. The lowest BCUT2D eigenvalue weighted by Gasteiger charge is -2.32. The molecule has 2 aromatic heterocycles. The number of aryl methyl sites for hydroxylation is 1. The average molecular weight is 394 g/mol. The molecule has 1 amide bonds. The number of benzene rings is 1. The highest BCUT2D eigenvalue weighted by atomic mass is 16.3. The molecule has 0 bridgehead atoms. The summed E-state index contributed by atoms with van der Waals surface area (Å²) in [5.41, 5.74) is 1.55. The van der Waals surface area contributed by atoms with Crippen LogP contribution >= 0.6 is 0 Å². The van der Waals surface area contributed by atoms with Gasteiger partial charge in [0, 0.05) is 32.6 Å². The van der Waals surface area contributed by atoms with Crippen LogP contribution in [-0.2, 0) is 17.8 Å². The lowest BCUT2D eigenvalue weighted by molar-refractivity contribution is -0.125. The molecule has 1 aliphatic heterocycles. The van der Waals surface area contributed by atoms with Gasteiger partial charge in [0.25, 0.3) is 5.56 Å². The molecule has 0 unspecified atom stereocenters. The number of nitrogens with one attached hydrogen (secondary N) is 1. The normalized spacial score (nSPS) is 16.9. The number of anilines is 1. The maximum atomic E-state index is 13.0. The van der Waals surface area contributed by atoms with Gasteiger partial charge in [0.1, 0.15) is 5.76 Å². The van der Waals surface area contributed by atoms with Gasteiger partial charge in [-0.1, -0.05) is 12.1 Å². The van der Waals surface area contributed by atoms with Gasteiger partial charge < -0.3 is 19.2 Å². The van der Waals surface area contributed by atoms with Crippen LogP contribution in [0.3, 0.4) is 0 Å². The van der Waals surface area contributed by atoms with Crippen LogP contribution in [0.2, 0.25) is 0 Å². The van der Waals surface area contributed by atoms with Gasteiger partial charge in [-0.05, 0) is 44.0 Å². The number of amides is 1. The van der Waals surface area contributed by atoms with Gasteiger partial charge >= 0.3 is 0 Å². The average Bonchev–Trinajstić information content (AvgIpc) is 3.27. The predicted molar refractivity (Wildman–Crippen MR) is 112 cm³/mol. The Bertz CT molecular complexity index is 1040. The molecule has 1 aromatic carbocycles. The molecule has 0 saturated carbocycles. The maximum absolute atomic E-state index is 13.0. The number of hydrogen-bond acceptors (Lipinski definition) is 5. The lowest BCUT2D eigenvalue weighted by atomic mass is 9.97. The highest BCUT2D eigenvalue weighted by Crippen LogP contribution is 2.22. The van der Waals surface area contributed by atoms with E-state index in [2.05, 4.69) is 10.3 Å². The van der Waals surface area contributed by atoms with E-state index in [9.17, 15) is 9.59 Å². The summed E-state index contributed by atoms with van der Waals surface area (Å²) < 4.78 is 7.06. The van der Waals surface area contributed by atoms with Gasteiger partial charge in [0.15, 0.2) is 5.82 Å². The Morgan fingerprint density at radius 3 is 2.93 bits per heavy atom. The summed E-state index contributed by atoms with van der Waals surface area (Å²) in [5.74, 6) is 1.18. The van der Waals surface area contributed by atoms with E-state index in [1.54, 1.807) is 10.8 Å². The summed E-state index contributed by atoms with van der Waals surface area (Å²) in [6.07, 6.45) is 3.98. The van der Waals surface area contributed by atoms with Crippen LogP contribution in [0.25, 0.3) is 11.0 Å². The largest absolute Gasteiger partial charge is 0.469 e. The molecule has 1 aliphatic rings. The van der Waals surface area contributed by atoms with Crippen molar-refractivity contribution in [1.29, 1.82) is 0 Å². The van der Waals surface area contributed by atoms with E-state index in [1.807, 2.05) is 48.2 Å². The van der Waals surface area contributed by atoms with Crippen LogP contribution in [0, 0.1) is 5.92 Å². The molecule has 0 spiro atoms. The molecule has 4 rings (SSSR count). The zero-order valence-electron chi connectivity index (χ0n) is 16.6. The number of hydrogen-bond donors (Lipinski definition) is 1. The fourth-order valence-electron chi connectivity index (χ4n) is 3.99. The number of fused-ring (bicyclic) bond motifs is 1. The van der Waals surface area contributed by atoms with E-state index in [0.717, 1.165) is 36.2 Å². The van der Waals surface area contributed by atoms with Crippen LogP contribution in [-0.4, -0.2) is 35.1 Å². The molecule has 1 saturated heterocycles. The van der Waals surface area contributed by atoms with E-state index in [-0.39, 0.29) is 17.4 Å². The topological polar surface area (TPSA) is 80.4 Å². The van der Waals surface area contributed by atoms with E-state index in [0.29, 0.717) is 31.9 Å². The molecule has 1 N–H and O–H groups in total. The fourth-order valence-corrected chi connectivity index (χ4v) is 3.99. The summed E-state index contributed by atoms with van der Waals surface area (Å²) in [4.78, 5) is 32.3. The van der Waals surface area contributed by atoms with Crippen molar-refractivity contribution >= 4 is 22.8 Å². The second-order valence-corrected chi connectivity index (χ2v) is 7.38. The molecule has 152 valence electrons. The van der Waals surface area contributed by atoms with E-state index in [4.69, 9.17) is 4.42 Å². The standard InChI is InChI=1S/C22H26N4O3/c1-2-26-19-10-4-3-9-18(19)24-20(22(26)28)25-13-5-7-16(15-25)21(27)23-12-11-17-8-6-14-29-17/h3-4,6,8-10,14,16H,2,5,7,11-13,15H2,1H3,(H,23,27)/t16-/m1/s1. The summed E-state index contributed by atoms with van der Waals surface area (Å²) in [6.45, 7) is 4.33. The molecule has 7 heteroatoms. The van der Waals surface area contributed by atoms with Crippen LogP contribution in [0.1, 0.15) is 25.5 Å². The molecule has 29 heavy (non-hydrogen) atoms. The Morgan fingerprint density at radius 2 is 2.14 bits per heavy atom. The minimum Gasteiger partial charge on any atom is -0.469 e. The smallest absolute Gasteiger partial charge is 0.293 e. The quantitative estimate of drug-likeness (QED) is 0.695. The number of furan rings is 1. The van der Waals surface area contributed by atoms with Crippen molar-refractivity contribution in [2.45, 2.75) is 32.7 Å². The molecule has 7 nitrogen and oxygen atoms in total. The Hall–Kier alpha value is -3.09. The van der Waals surface area contributed by atoms with Gasteiger partial charge in [-0.25, -0.2) is 4.98 Å². The van der Waals surface area contributed by atoms with Crippen molar-refractivity contribution in [2.75, 3.05) is 24.5 Å². The van der Waals surface area contributed by atoms with Gasteiger partial charge in [0.05, 0.1) is 23.2 Å². The third kappa shape index (κ3) is 4.04. The Balaban J connectivity index is 1.49. The number of aromatic nitrogens is 2. The number of para-hydroxylation sites is 2. The third-order valence-electron chi connectivity index (χ3n) is 5.49. The summed E-state index contributed by atoms with van der Waals surface area (Å²) in [6, 6.07) is 11.4. The van der Waals surface area contributed by atoms with Gasteiger partial charge in [-0.2, -0.15) is 0 Å². The van der Waals surface area contributed by atoms with Crippen LogP contribution in [0.4, 0.5) is 5.82 Å². The van der Waals surface area contributed by atoms with E-state index in [1.165, 1.54) is 0 Å². The molecule has 0 radical (unpaired) electrons. The summed E-state index contributed by atoms with van der Waals surface area (Å²) in [7, 11) is 0. The second-order valence-electron chi connectivity index (χ2n) is 7.38. The summed E-state index contributed by atoms with van der Waals surface area (Å²) >= 11 is 0. The minimum absolute atomic E-state index is 0.0258. The van der Waals surface area contributed by atoms with E-state index < -0.39 is 0 Å². The predicted octanol–water partition coefficient (Wildman–Crippen LogP) is 2.58. The molecular weight excluding hydrogens is 368 g/mol. The minimum atomic E-state index is -0.150. The Kier molecular flexibility index (Phi) is 5.64. The van der Waals surface area contributed by atoms with Crippen LogP contribution in [0.5, 0.6) is 0 Å². The van der Waals surface area contributed by atoms with Crippen LogP contribution < -0.4 is 15.8 Å². The van der Waals surface area contributed by atoms with Crippen molar-refractivity contribution < 1.29 is 9.21 Å². The number of carbonyl (C=O) groups is 1. The number of piperidine rings is 1. The number of nitrogens with zero attached hydrogens (tertiary/aromatic N) is 3. The molecule has 1 atom stereocenters. The molecular formula is C22H26N4O3. The maximum Gasteiger partial charge on any atom is 0.293 e. The number of rotatable bonds is 6. The Morgan fingerprint density at radius 1 is 1.28 bits per heavy atom. The first-order chi connectivity index (χ1) is 14.2. The second kappa shape index (κ2) is 8.51. The van der Waals surface area contributed by atoms with Crippen molar-refractivity contribution in [3.8, 4) is 0 Å². The molecule has 3 aromatic rings. The van der Waals surface area contributed by atoms with E-state index >= 15 is 0 Å². The Labute approximate surface area is 169 Å². The zero-order chi connectivity index (χ0) is 20.2. The van der Waals surface area contributed by atoms with Gasteiger partial charge in [-0.3, -0.25) is 9.59 Å². The molecule has 1 fully saturated rings. The monoisotopic (exact) mass is 394 g/mol. The van der Waals surface area contributed by atoms with Crippen molar-refractivity contribution in [2.24, 2.45) is 5.92 Å². The van der Waals surface area contributed by atoms with Gasteiger partial charge in [0.2, 0.25) is 5.91 Å². The first-order valence-electron chi connectivity index (χ1n) is 10.2. The van der Waals surface area contributed by atoms with Crippen molar-refractivity contribution in [3.63, 3.8) is 0 Å². The van der Waals surface area contributed by atoms with Crippen LogP contribution in [0.15, 0.2) is 51.9 Å². The van der Waals surface area contributed by atoms with Crippen molar-refractivity contribution in [3.05, 3.63) is 58.8 Å². The lowest BCUT2D eigenvalue weighted by Crippen LogP contribution is -2.46. The van der Waals surface area contributed by atoms with Gasteiger partial charge in [-0.15, -0.1) is 0 Å². The third-order valence-corrected chi connectivity index (χ3v) is 5.49. The van der Waals surface area contributed by atoms with Crippen molar-refractivity contribution in [1.82, 2.24) is 14.9 Å². The fraction of sp³-hybridized carbons (Fsp3) is 0.409. The highest BCUT2D eigenvalue weighted by Gasteiger charge is 2.28. The number of carbonyl (C=O) groups excluding carboxylic acids is 1. The summed E-state index contributed by atoms with van der Waals surface area (Å²) in [5, 5.41) is 3.00. The molecule has 0 aliphatic carbocycles. The first kappa shape index (κ1) is 19.2. The first-order valence-corrected chi connectivity index (χ1v) is 10.2. The SMILES string of the molecule is CCn1c(=O)c(N2CCC[C@@H](C(=O)NCCc3ccco3)C2)nc2ccccc21. The molecule has 3 heterocycles.